The van der Waals surface area contributed by atoms with E-state index in [1.807, 2.05) is 13.2 Å². The highest BCUT2D eigenvalue weighted by molar-refractivity contribution is 7.98. The number of halogens is 1. The predicted octanol–water partition coefficient (Wildman–Crippen LogP) is 2.62. The number of hydrogen-bond acceptors (Lipinski definition) is 3. The topological polar surface area (TPSA) is 38.0 Å². The molecule has 0 amide bonds. The molecule has 0 aliphatic carbocycles. The molecule has 5 heteroatoms. The van der Waals surface area contributed by atoms with Gasteiger partial charge in [-0.15, -0.1) is 0 Å². The minimum Gasteiger partial charge on any atom is -0.389 e. The third-order valence-corrected chi connectivity index (χ3v) is 3.12. The molecule has 0 aliphatic rings. The van der Waals surface area contributed by atoms with Crippen LogP contribution in [0.25, 0.3) is 0 Å². The van der Waals surface area contributed by atoms with Crippen molar-refractivity contribution in [3.05, 3.63) is 29.6 Å². The minimum absolute atomic E-state index is 0.0805. The number of nitrogens with one attached hydrogen (secondary N) is 1. The highest BCUT2D eigenvalue weighted by Gasteiger charge is 2.12. The minimum atomic E-state index is -0.381. The number of hydrogen-bond donors (Lipinski definition) is 2. The number of thioether (sulfide) groups is 1. The van der Waals surface area contributed by atoms with Crippen molar-refractivity contribution in [1.29, 1.82) is 0 Å². The summed E-state index contributed by atoms with van der Waals surface area (Å²) in [7, 11) is 0. The molecule has 88 valence electrons. The maximum atomic E-state index is 13.5. The van der Waals surface area contributed by atoms with E-state index < -0.39 is 0 Å². The molecule has 0 aromatic heterocycles. The number of rotatable bonds is 5. The van der Waals surface area contributed by atoms with Crippen LogP contribution >= 0.6 is 24.0 Å². The molecule has 2 nitrogen and oxygen atoms in total. The van der Waals surface area contributed by atoms with Gasteiger partial charge in [0.05, 0.1) is 5.56 Å². The van der Waals surface area contributed by atoms with Crippen molar-refractivity contribution in [2.45, 2.75) is 13.0 Å². The molecule has 16 heavy (non-hydrogen) atoms. The van der Waals surface area contributed by atoms with Crippen LogP contribution in [-0.2, 0) is 0 Å². The lowest BCUT2D eigenvalue weighted by Gasteiger charge is -2.17. The molecule has 0 bridgehead atoms. The third-order valence-electron chi connectivity index (χ3n) is 2.08. The molecule has 1 rings (SSSR count). The first kappa shape index (κ1) is 13.3. The van der Waals surface area contributed by atoms with Crippen molar-refractivity contribution >= 4 is 34.7 Å². The molecule has 3 N–H and O–H groups in total. The average Bonchev–Trinajstić information content (AvgIpc) is 2.17. The standard InChI is InChI=1S/C11H15FN2S2/c1-7(6-16-2)14-9-5-3-4-8(12)10(9)11(13)15/h3-5,7,14H,6H2,1-2H3,(H2,13,15). The summed E-state index contributed by atoms with van der Waals surface area (Å²) in [5.74, 6) is 0.557. The summed E-state index contributed by atoms with van der Waals surface area (Å²) >= 11 is 6.57. The summed E-state index contributed by atoms with van der Waals surface area (Å²) in [6, 6.07) is 5.03. The Labute approximate surface area is 105 Å². The van der Waals surface area contributed by atoms with Crippen molar-refractivity contribution in [3.8, 4) is 0 Å². The smallest absolute Gasteiger partial charge is 0.135 e. The average molecular weight is 258 g/mol. The van der Waals surface area contributed by atoms with E-state index in [4.69, 9.17) is 18.0 Å². The summed E-state index contributed by atoms with van der Waals surface area (Å²) in [6.45, 7) is 2.03. The Morgan fingerprint density at radius 2 is 2.31 bits per heavy atom. The van der Waals surface area contributed by atoms with E-state index in [0.717, 1.165) is 5.75 Å². The maximum absolute atomic E-state index is 13.5. The van der Waals surface area contributed by atoms with Gasteiger partial charge in [0, 0.05) is 17.5 Å². The highest BCUT2D eigenvalue weighted by atomic mass is 32.2. The van der Waals surface area contributed by atoms with Gasteiger partial charge in [-0.25, -0.2) is 4.39 Å². The molecule has 0 spiro atoms. The molecule has 1 atom stereocenters. The van der Waals surface area contributed by atoms with Crippen molar-refractivity contribution in [3.63, 3.8) is 0 Å². The van der Waals surface area contributed by atoms with E-state index in [9.17, 15) is 4.39 Å². The summed E-state index contributed by atoms with van der Waals surface area (Å²) in [6.07, 6.45) is 2.03. The van der Waals surface area contributed by atoms with Gasteiger partial charge in [-0.05, 0) is 25.3 Å². The molecule has 1 aromatic carbocycles. The molecule has 0 saturated carbocycles. The first-order chi connectivity index (χ1) is 7.56. The van der Waals surface area contributed by atoms with E-state index >= 15 is 0 Å². The fraction of sp³-hybridized carbons (Fsp3) is 0.364. The van der Waals surface area contributed by atoms with Crippen LogP contribution in [0.4, 0.5) is 10.1 Å². The lowest BCUT2D eigenvalue weighted by molar-refractivity contribution is 0.625. The maximum Gasteiger partial charge on any atom is 0.135 e. The second-order valence-electron chi connectivity index (χ2n) is 3.53. The Morgan fingerprint density at radius 1 is 1.62 bits per heavy atom. The Bertz CT molecular complexity index is 382. The molecule has 1 unspecified atom stereocenters. The van der Waals surface area contributed by atoms with Gasteiger partial charge in [-0.3, -0.25) is 0 Å². The van der Waals surface area contributed by atoms with E-state index in [1.165, 1.54) is 6.07 Å². The lowest BCUT2D eigenvalue weighted by atomic mass is 10.1. The van der Waals surface area contributed by atoms with Crippen molar-refractivity contribution in [1.82, 2.24) is 0 Å². The van der Waals surface area contributed by atoms with Gasteiger partial charge >= 0.3 is 0 Å². The van der Waals surface area contributed by atoms with Gasteiger partial charge in [-0.1, -0.05) is 18.3 Å². The quantitative estimate of drug-likeness (QED) is 0.796. The number of benzene rings is 1. The van der Waals surface area contributed by atoms with Crippen LogP contribution in [0.3, 0.4) is 0 Å². The second kappa shape index (κ2) is 6.06. The molecule has 0 fully saturated rings. The Kier molecular flexibility index (Phi) is 5.02. The van der Waals surface area contributed by atoms with E-state index in [0.29, 0.717) is 11.3 Å². The summed E-state index contributed by atoms with van der Waals surface area (Å²) < 4.78 is 13.5. The van der Waals surface area contributed by atoms with Crippen molar-refractivity contribution in [2.75, 3.05) is 17.3 Å². The molecular weight excluding hydrogens is 243 g/mol. The van der Waals surface area contributed by atoms with Crippen LogP contribution in [0, 0.1) is 5.82 Å². The Morgan fingerprint density at radius 3 is 2.88 bits per heavy atom. The first-order valence-electron chi connectivity index (χ1n) is 4.90. The number of thiocarbonyl (C=S) groups is 1. The monoisotopic (exact) mass is 258 g/mol. The van der Waals surface area contributed by atoms with Gasteiger partial charge in [0.15, 0.2) is 0 Å². The number of anilines is 1. The Balaban J connectivity index is 2.95. The van der Waals surface area contributed by atoms with Crippen LogP contribution in [0.2, 0.25) is 0 Å². The zero-order chi connectivity index (χ0) is 12.1. The molecule has 0 radical (unpaired) electrons. The van der Waals surface area contributed by atoms with Crippen LogP contribution in [0.5, 0.6) is 0 Å². The SMILES string of the molecule is CSCC(C)Nc1cccc(F)c1C(N)=S. The predicted molar refractivity (Wildman–Crippen MR) is 73.8 cm³/mol. The number of nitrogens with two attached hydrogens (primary N) is 1. The van der Waals surface area contributed by atoms with Crippen LogP contribution in [0.1, 0.15) is 12.5 Å². The van der Waals surface area contributed by atoms with E-state index in [2.05, 4.69) is 5.32 Å². The first-order valence-corrected chi connectivity index (χ1v) is 6.70. The molecular formula is C11H15FN2S2. The zero-order valence-corrected chi connectivity index (χ0v) is 10.9. The van der Waals surface area contributed by atoms with Gasteiger partial charge in [0.2, 0.25) is 0 Å². The van der Waals surface area contributed by atoms with Crippen molar-refractivity contribution < 1.29 is 4.39 Å². The molecule has 0 heterocycles. The van der Waals surface area contributed by atoms with Gasteiger partial charge in [-0.2, -0.15) is 11.8 Å². The molecule has 0 saturated heterocycles. The van der Waals surface area contributed by atoms with Gasteiger partial charge < -0.3 is 11.1 Å². The fourth-order valence-electron chi connectivity index (χ4n) is 1.45. The highest BCUT2D eigenvalue weighted by Crippen LogP contribution is 2.20. The molecule has 1 aromatic rings. The van der Waals surface area contributed by atoms with E-state index in [1.54, 1.807) is 23.9 Å². The van der Waals surface area contributed by atoms with Gasteiger partial charge in [0.25, 0.3) is 0 Å². The normalized spacial score (nSPS) is 12.2. The van der Waals surface area contributed by atoms with Crippen molar-refractivity contribution in [2.24, 2.45) is 5.73 Å². The summed E-state index contributed by atoms with van der Waals surface area (Å²) in [4.78, 5) is 0.0805. The summed E-state index contributed by atoms with van der Waals surface area (Å²) in [5.41, 5.74) is 6.47. The van der Waals surface area contributed by atoms with Gasteiger partial charge in [0.1, 0.15) is 10.8 Å². The van der Waals surface area contributed by atoms with Crippen LogP contribution in [0.15, 0.2) is 18.2 Å². The van der Waals surface area contributed by atoms with E-state index in [-0.39, 0.29) is 16.8 Å². The Hall–Kier alpha value is -0.810. The molecule has 0 aliphatic heterocycles. The largest absolute Gasteiger partial charge is 0.389 e. The fourth-order valence-corrected chi connectivity index (χ4v) is 2.24. The third kappa shape index (κ3) is 3.35. The second-order valence-corrected chi connectivity index (χ2v) is 4.88. The zero-order valence-electron chi connectivity index (χ0n) is 9.29. The van der Waals surface area contributed by atoms with Crippen LogP contribution < -0.4 is 11.1 Å². The summed E-state index contributed by atoms with van der Waals surface area (Å²) in [5, 5.41) is 3.21. The lowest BCUT2D eigenvalue weighted by Crippen LogP contribution is -2.22. The van der Waals surface area contributed by atoms with Crippen LogP contribution in [-0.4, -0.2) is 23.0 Å².